The monoisotopic (exact) mass is 439 g/mol. The fourth-order valence-electron chi connectivity index (χ4n) is 3.35. The Kier molecular flexibility index (Phi) is 3.79. The van der Waals surface area contributed by atoms with Crippen molar-refractivity contribution >= 4 is 27.6 Å². The molecule has 28 heavy (non-hydrogen) atoms. The van der Waals surface area contributed by atoms with Gasteiger partial charge in [0.2, 0.25) is 5.95 Å². The predicted octanol–water partition coefficient (Wildman–Crippen LogP) is 3.02. The molecule has 3 heterocycles. The molecule has 2 aromatic carbocycles. The zero-order valence-electron chi connectivity index (χ0n) is 14.1. The van der Waals surface area contributed by atoms with E-state index in [4.69, 9.17) is 0 Å². The standard InChI is InChI=1S/C18H11BrFN7O/c19-11-6-4-9(5-7-11)14-13-15(17(28)23-22-14)21-18-24-25-26-27(18)16(13)10-2-1-3-12(20)8-10/h1-8,16H,(H,23,28)(H,21,24,26)/t16-/m0/s1. The number of anilines is 2. The first-order valence-electron chi connectivity index (χ1n) is 8.30. The number of hydrogen-bond donors (Lipinski definition) is 2. The summed E-state index contributed by atoms with van der Waals surface area (Å²) in [7, 11) is 0. The minimum atomic E-state index is -0.620. The van der Waals surface area contributed by atoms with Gasteiger partial charge in [-0.2, -0.15) is 9.78 Å². The van der Waals surface area contributed by atoms with Crippen LogP contribution in [0.2, 0.25) is 0 Å². The molecule has 10 heteroatoms. The van der Waals surface area contributed by atoms with E-state index in [1.165, 1.54) is 16.8 Å². The summed E-state index contributed by atoms with van der Waals surface area (Å²) in [5, 5.41) is 21.4. The van der Waals surface area contributed by atoms with Gasteiger partial charge in [0, 0.05) is 15.6 Å². The van der Waals surface area contributed by atoms with Crippen LogP contribution in [0.15, 0.2) is 57.8 Å². The number of nitrogens with zero attached hydrogens (tertiary/aromatic N) is 5. The molecule has 1 aliphatic heterocycles. The smallest absolute Gasteiger partial charge is 0.288 e. The highest BCUT2D eigenvalue weighted by Crippen LogP contribution is 2.41. The molecule has 4 aromatic rings. The molecule has 0 radical (unpaired) electrons. The molecule has 1 aliphatic rings. The fourth-order valence-corrected chi connectivity index (χ4v) is 3.61. The van der Waals surface area contributed by atoms with Gasteiger partial charge in [0.25, 0.3) is 5.56 Å². The highest BCUT2D eigenvalue weighted by Gasteiger charge is 2.34. The zero-order valence-corrected chi connectivity index (χ0v) is 15.7. The molecular weight excluding hydrogens is 429 g/mol. The Morgan fingerprint density at radius 1 is 1.14 bits per heavy atom. The third-order valence-electron chi connectivity index (χ3n) is 4.55. The molecule has 0 bridgehead atoms. The second kappa shape index (κ2) is 6.34. The number of aromatic amines is 1. The van der Waals surface area contributed by atoms with E-state index < -0.39 is 17.4 Å². The van der Waals surface area contributed by atoms with Gasteiger partial charge < -0.3 is 5.32 Å². The molecule has 2 aromatic heterocycles. The van der Waals surface area contributed by atoms with Crippen molar-refractivity contribution in [3.8, 4) is 11.3 Å². The van der Waals surface area contributed by atoms with Crippen molar-refractivity contribution in [2.24, 2.45) is 0 Å². The third kappa shape index (κ3) is 2.61. The Balaban J connectivity index is 1.82. The molecule has 0 unspecified atom stereocenters. The Morgan fingerprint density at radius 2 is 1.96 bits per heavy atom. The molecule has 1 atom stereocenters. The van der Waals surface area contributed by atoms with Gasteiger partial charge in [-0.3, -0.25) is 4.79 Å². The molecule has 0 saturated carbocycles. The van der Waals surface area contributed by atoms with Crippen LogP contribution in [0.3, 0.4) is 0 Å². The Morgan fingerprint density at radius 3 is 2.75 bits per heavy atom. The Hall–Kier alpha value is -3.40. The van der Waals surface area contributed by atoms with Crippen LogP contribution < -0.4 is 10.9 Å². The van der Waals surface area contributed by atoms with Gasteiger partial charge in [0.15, 0.2) is 0 Å². The number of fused-ring (bicyclic) bond motifs is 2. The van der Waals surface area contributed by atoms with Gasteiger partial charge in [-0.05, 0) is 40.3 Å². The first-order chi connectivity index (χ1) is 13.6. The number of rotatable bonds is 2. The van der Waals surface area contributed by atoms with E-state index in [1.807, 2.05) is 24.3 Å². The molecule has 8 nitrogen and oxygen atoms in total. The van der Waals surface area contributed by atoms with E-state index in [-0.39, 0.29) is 5.69 Å². The fraction of sp³-hybridized carbons (Fsp3) is 0.0556. The SMILES string of the molecule is O=c1[nH]nc(-c2ccc(Br)cc2)c2c1Nc1nnnn1[C@H]2c1cccc(F)c1. The summed E-state index contributed by atoms with van der Waals surface area (Å²) in [6.07, 6.45) is 0. The Labute approximate surface area is 165 Å². The first-order valence-corrected chi connectivity index (χ1v) is 9.10. The number of aromatic nitrogens is 6. The lowest BCUT2D eigenvalue weighted by atomic mass is 9.92. The van der Waals surface area contributed by atoms with E-state index in [1.54, 1.807) is 12.1 Å². The number of tetrazole rings is 1. The summed E-state index contributed by atoms with van der Waals surface area (Å²) < 4.78 is 16.4. The van der Waals surface area contributed by atoms with Crippen molar-refractivity contribution < 1.29 is 4.39 Å². The minimum Gasteiger partial charge on any atom is -0.318 e. The van der Waals surface area contributed by atoms with Crippen molar-refractivity contribution in [3.63, 3.8) is 0 Å². The van der Waals surface area contributed by atoms with Crippen molar-refractivity contribution in [1.82, 2.24) is 30.4 Å². The zero-order chi connectivity index (χ0) is 19.3. The van der Waals surface area contributed by atoms with E-state index in [0.29, 0.717) is 22.8 Å². The Bertz CT molecular complexity index is 1250. The quantitative estimate of drug-likeness (QED) is 0.438. The minimum absolute atomic E-state index is 0.282. The molecular formula is C18H11BrFN7O. The van der Waals surface area contributed by atoms with Crippen LogP contribution in [0.5, 0.6) is 0 Å². The maximum absolute atomic E-state index is 14.0. The maximum Gasteiger partial charge on any atom is 0.288 e. The second-order valence-electron chi connectivity index (χ2n) is 6.23. The van der Waals surface area contributed by atoms with Crippen molar-refractivity contribution in [3.05, 3.63) is 80.3 Å². The summed E-state index contributed by atoms with van der Waals surface area (Å²) in [6.45, 7) is 0. The largest absolute Gasteiger partial charge is 0.318 e. The highest BCUT2D eigenvalue weighted by atomic mass is 79.9. The van der Waals surface area contributed by atoms with Crippen LogP contribution >= 0.6 is 15.9 Å². The van der Waals surface area contributed by atoms with Crippen molar-refractivity contribution in [2.45, 2.75) is 6.04 Å². The van der Waals surface area contributed by atoms with Crippen LogP contribution in [0, 0.1) is 5.82 Å². The molecule has 2 N–H and O–H groups in total. The number of halogens is 2. The number of hydrogen-bond acceptors (Lipinski definition) is 6. The average molecular weight is 440 g/mol. The van der Waals surface area contributed by atoms with Gasteiger partial charge in [-0.15, -0.1) is 0 Å². The molecule has 0 saturated heterocycles. The lowest BCUT2D eigenvalue weighted by Crippen LogP contribution is -2.29. The molecule has 0 amide bonds. The lowest BCUT2D eigenvalue weighted by molar-refractivity contribution is 0.560. The van der Waals surface area contributed by atoms with Gasteiger partial charge in [-0.25, -0.2) is 9.49 Å². The topological polar surface area (TPSA) is 101 Å². The normalized spacial score (nSPS) is 14.9. The summed E-state index contributed by atoms with van der Waals surface area (Å²) in [5.74, 6) is -0.101. The van der Waals surface area contributed by atoms with Crippen molar-refractivity contribution in [1.29, 1.82) is 0 Å². The molecule has 0 aliphatic carbocycles. The second-order valence-corrected chi connectivity index (χ2v) is 7.14. The van der Waals surface area contributed by atoms with E-state index in [2.05, 4.69) is 47.0 Å². The van der Waals surface area contributed by atoms with Gasteiger partial charge in [0.05, 0.1) is 5.69 Å². The van der Waals surface area contributed by atoms with Crippen LogP contribution in [0.25, 0.3) is 11.3 Å². The van der Waals surface area contributed by atoms with Crippen LogP contribution in [0.4, 0.5) is 16.0 Å². The van der Waals surface area contributed by atoms with E-state index in [9.17, 15) is 9.18 Å². The number of H-pyrrole nitrogens is 1. The highest BCUT2D eigenvalue weighted by molar-refractivity contribution is 9.10. The predicted molar refractivity (Wildman–Crippen MR) is 103 cm³/mol. The molecule has 138 valence electrons. The molecule has 0 spiro atoms. The van der Waals surface area contributed by atoms with Crippen LogP contribution in [-0.2, 0) is 0 Å². The van der Waals surface area contributed by atoms with Crippen LogP contribution in [-0.4, -0.2) is 30.4 Å². The average Bonchev–Trinajstić information content (AvgIpc) is 3.16. The summed E-state index contributed by atoms with van der Waals surface area (Å²) >= 11 is 3.41. The molecule has 0 fully saturated rings. The van der Waals surface area contributed by atoms with E-state index >= 15 is 0 Å². The van der Waals surface area contributed by atoms with Gasteiger partial charge in [-0.1, -0.05) is 45.3 Å². The summed E-state index contributed by atoms with van der Waals surface area (Å²) in [6, 6.07) is 13.0. The summed E-state index contributed by atoms with van der Waals surface area (Å²) in [5.41, 5.74) is 2.37. The van der Waals surface area contributed by atoms with Crippen molar-refractivity contribution in [2.75, 3.05) is 5.32 Å². The van der Waals surface area contributed by atoms with Crippen LogP contribution in [0.1, 0.15) is 17.2 Å². The van der Waals surface area contributed by atoms with Gasteiger partial charge in [0.1, 0.15) is 17.5 Å². The first kappa shape index (κ1) is 16.8. The maximum atomic E-state index is 14.0. The third-order valence-corrected chi connectivity index (χ3v) is 5.08. The van der Waals surface area contributed by atoms with Gasteiger partial charge >= 0.3 is 0 Å². The number of nitrogens with one attached hydrogen (secondary N) is 2. The molecule has 5 rings (SSSR count). The lowest BCUT2D eigenvalue weighted by Gasteiger charge is -2.27. The number of benzene rings is 2. The summed E-state index contributed by atoms with van der Waals surface area (Å²) in [4.78, 5) is 12.5. The van der Waals surface area contributed by atoms with E-state index in [0.717, 1.165) is 10.0 Å².